The normalized spacial score (nSPS) is 12.7. The molecule has 0 unspecified atom stereocenters. The first-order valence-corrected chi connectivity index (χ1v) is 34.5. The molecule has 0 bridgehead atoms. The van der Waals surface area contributed by atoms with E-state index in [1.165, 1.54) is 72.3 Å². The molecule has 0 aliphatic carbocycles. The molecule has 1 heterocycles. The van der Waals surface area contributed by atoms with Gasteiger partial charge in [-0.25, -0.2) is 0 Å². The van der Waals surface area contributed by atoms with E-state index in [-0.39, 0.29) is 18.3 Å². The summed E-state index contributed by atoms with van der Waals surface area (Å²) in [5.74, 6) is 0. The summed E-state index contributed by atoms with van der Waals surface area (Å²) in [4.78, 5) is 4.61. The SMILES string of the molecule is CC1(C)OB(c2ccc(N(c3ccc(-c4ccccc4)cc3)c3ccc(-c4ccccc4)cc3)cc2)OC1(C)C.Clc1ccc(-c2ccc(-c3ccc(N(c4ccc(-c5ccccc5)cc4)c4ccc(-c5ccccc5)cc4)cc3)cc2)cc1.Clc1ccc(-c2ccc(Br)cc2)cc1. The Bertz CT molecular complexity index is 4610. The van der Waals surface area contributed by atoms with E-state index in [4.69, 9.17) is 32.5 Å². The Morgan fingerprint density at radius 1 is 0.235 bits per heavy atom. The topological polar surface area (TPSA) is 24.9 Å². The number of rotatable bonds is 14. The third-order valence-corrected chi connectivity index (χ3v) is 19.2. The average Bonchev–Trinajstić information content (AvgIpc) is 1.56. The lowest BCUT2D eigenvalue weighted by Crippen LogP contribution is -2.41. The van der Waals surface area contributed by atoms with Gasteiger partial charge in [-0.05, 0) is 220 Å². The van der Waals surface area contributed by atoms with Crippen LogP contribution in [0.5, 0.6) is 0 Å². The molecule has 15 rings (SSSR count). The van der Waals surface area contributed by atoms with E-state index in [1.54, 1.807) is 0 Å². The van der Waals surface area contributed by atoms with Gasteiger partial charge in [0.05, 0.1) is 11.2 Å². The van der Waals surface area contributed by atoms with Crippen molar-refractivity contribution in [1.29, 1.82) is 0 Å². The molecule has 1 fully saturated rings. The second kappa shape index (κ2) is 30.4. The molecular weight excluding hydrogens is 1300 g/mol. The number of halogens is 3. The van der Waals surface area contributed by atoms with Crippen molar-refractivity contribution in [2.75, 3.05) is 9.80 Å². The van der Waals surface area contributed by atoms with Crippen molar-refractivity contribution < 1.29 is 9.31 Å². The summed E-state index contributed by atoms with van der Waals surface area (Å²) in [7, 11) is -0.386. The van der Waals surface area contributed by atoms with E-state index in [1.807, 2.05) is 60.7 Å². The first-order chi connectivity index (χ1) is 47.8. The van der Waals surface area contributed by atoms with Gasteiger partial charge in [0.2, 0.25) is 0 Å². The van der Waals surface area contributed by atoms with Crippen LogP contribution in [0.2, 0.25) is 10.0 Å². The van der Waals surface area contributed by atoms with Crippen LogP contribution in [0.25, 0.3) is 77.9 Å². The van der Waals surface area contributed by atoms with Gasteiger partial charge in [-0.3, -0.25) is 0 Å². The molecule has 0 radical (unpaired) electrons. The van der Waals surface area contributed by atoms with Crippen molar-refractivity contribution in [3.63, 3.8) is 0 Å². The molecule has 478 valence electrons. The Balaban J connectivity index is 0.000000148. The van der Waals surface area contributed by atoms with E-state index in [0.717, 1.165) is 59.7 Å². The largest absolute Gasteiger partial charge is 0.494 e. The lowest BCUT2D eigenvalue weighted by Gasteiger charge is -2.32. The van der Waals surface area contributed by atoms with Crippen LogP contribution < -0.4 is 15.3 Å². The zero-order chi connectivity index (χ0) is 67.4. The smallest absolute Gasteiger partial charge is 0.399 e. The van der Waals surface area contributed by atoms with Crippen molar-refractivity contribution >= 4 is 85.8 Å². The average molecular weight is 1380 g/mol. The van der Waals surface area contributed by atoms with Crippen LogP contribution in [0.15, 0.2) is 368 Å². The molecule has 8 heteroatoms. The Labute approximate surface area is 595 Å². The maximum absolute atomic E-state index is 6.29. The Morgan fingerprint density at radius 2 is 0.408 bits per heavy atom. The second-order valence-electron chi connectivity index (χ2n) is 25.1. The lowest BCUT2D eigenvalue weighted by atomic mass is 9.79. The monoisotopic (exact) mass is 1370 g/mol. The summed E-state index contributed by atoms with van der Waals surface area (Å²) < 4.78 is 13.7. The minimum Gasteiger partial charge on any atom is -0.399 e. The molecule has 0 N–H and O–H groups in total. The van der Waals surface area contributed by atoms with Crippen LogP contribution in [-0.4, -0.2) is 18.3 Å². The van der Waals surface area contributed by atoms with Gasteiger partial charge in [-0.1, -0.05) is 294 Å². The standard InChI is InChI=1S/C42H30ClN.C36H34BNO2.C12H8BrCl/c43-39-23-15-35(16-24-39)33-11-13-34(14-12-33)38-21-29-42(30-22-38)44(40-25-17-36(18-26-40)31-7-3-1-4-8-31)41-27-19-37(20-28-41)32-9-5-2-6-10-32;1-35(2)36(3,4)40-37(39-35)31-19-25-34(26-20-31)38(32-21-15-29(16-22-32)27-11-7-5-8-12-27)33-23-17-30(18-24-33)28-13-9-6-10-14-28;13-11-5-1-9(2-6-11)10-3-7-12(14)8-4-10/h1-30H;5-26H,1-4H3;1-8H. The van der Waals surface area contributed by atoms with E-state index in [9.17, 15) is 0 Å². The van der Waals surface area contributed by atoms with Crippen molar-refractivity contribution in [2.45, 2.75) is 38.9 Å². The molecule has 0 saturated carbocycles. The first-order valence-electron chi connectivity index (χ1n) is 32.9. The number of benzene rings is 14. The van der Waals surface area contributed by atoms with E-state index in [2.05, 4.69) is 357 Å². The first kappa shape index (κ1) is 66.3. The number of hydrogen-bond donors (Lipinski definition) is 0. The molecule has 1 saturated heterocycles. The molecule has 4 nitrogen and oxygen atoms in total. The summed E-state index contributed by atoms with van der Waals surface area (Å²) >= 11 is 15.3. The van der Waals surface area contributed by atoms with Crippen LogP contribution in [0.3, 0.4) is 0 Å². The highest BCUT2D eigenvalue weighted by atomic mass is 79.9. The number of hydrogen-bond acceptors (Lipinski definition) is 4. The van der Waals surface area contributed by atoms with Gasteiger partial charge in [0, 0.05) is 48.6 Å². The zero-order valence-corrected chi connectivity index (χ0v) is 58.2. The van der Waals surface area contributed by atoms with Crippen LogP contribution in [0.1, 0.15) is 27.7 Å². The molecule has 0 amide bonds. The van der Waals surface area contributed by atoms with Gasteiger partial charge >= 0.3 is 7.12 Å². The Morgan fingerprint density at radius 3 is 0.633 bits per heavy atom. The minimum atomic E-state index is -0.386. The maximum atomic E-state index is 6.29. The molecule has 98 heavy (non-hydrogen) atoms. The van der Waals surface area contributed by atoms with E-state index < -0.39 is 0 Å². The second-order valence-corrected chi connectivity index (χ2v) is 26.9. The summed E-state index contributed by atoms with van der Waals surface area (Å²) in [6.45, 7) is 8.34. The summed E-state index contributed by atoms with van der Waals surface area (Å²) in [5, 5.41) is 1.52. The quantitative estimate of drug-likeness (QED) is 0.101. The van der Waals surface area contributed by atoms with Gasteiger partial charge in [0.1, 0.15) is 0 Å². The van der Waals surface area contributed by atoms with E-state index in [0.29, 0.717) is 0 Å². The van der Waals surface area contributed by atoms with Gasteiger partial charge < -0.3 is 19.1 Å². The fourth-order valence-corrected chi connectivity index (χ4v) is 12.5. The van der Waals surface area contributed by atoms with Crippen LogP contribution in [0.4, 0.5) is 34.1 Å². The third kappa shape index (κ3) is 15.9. The van der Waals surface area contributed by atoms with Crippen molar-refractivity contribution in [3.05, 3.63) is 379 Å². The Hall–Kier alpha value is -10.3. The van der Waals surface area contributed by atoms with Crippen LogP contribution >= 0.6 is 39.1 Å². The highest BCUT2D eigenvalue weighted by Crippen LogP contribution is 2.41. The molecule has 0 spiro atoms. The van der Waals surface area contributed by atoms with Gasteiger partial charge in [0.15, 0.2) is 0 Å². The zero-order valence-electron chi connectivity index (χ0n) is 55.1. The molecule has 0 atom stereocenters. The van der Waals surface area contributed by atoms with Gasteiger partial charge in [-0.15, -0.1) is 0 Å². The predicted octanol–water partition coefficient (Wildman–Crippen LogP) is 26.0. The summed E-state index contributed by atoms with van der Waals surface area (Å²) in [5.41, 5.74) is 23.5. The van der Waals surface area contributed by atoms with Gasteiger partial charge in [0.25, 0.3) is 0 Å². The molecule has 14 aromatic rings. The third-order valence-electron chi connectivity index (χ3n) is 18.2. The van der Waals surface area contributed by atoms with Gasteiger partial charge in [-0.2, -0.15) is 0 Å². The molecule has 0 aromatic heterocycles. The molecule has 1 aliphatic rings. The van der Waals surface area contributed by atoms with Crippen molar-refractivity contribution in [3.8, 4) is 77.9 Å². The highest BCUT2D eigenvalue weighted by Gasteiger charge is 2.51. The summed E-state index contributed by atoms with van der Waals surface area (Å²) in [6.07, 6.45) is 0. The van der Waals surface area contributed by atoms with Crippen molar-refractivity contribution in [2.24, 2.45) is 0 Å². The lowest BCUT2D eigenvalue weighted by molar-refractivity contribution is 0.00578. The summed E-state index contributed by atoms with van der Waals surface area (Å²) in [6, 6.07) is 127. The number of nitrogens with zero attached hydrogens (tertiary/aromatic N) is 2. The van der Waals surface area contributed by atoms with Crippen molar-refractivity contribution in [1.82, 2.24) is 0 Å². The predicted molar refractivity (Wildman–Crippen MR) is 420 cm³/mol. The fraction of sp³-hybridized carbons (Fsp3) is 0.0667. The molecule has 14 aromatic carbocycles. The Kier molecular flexibility index (Phi) is 20.6. The molecule has 1 aliphatic heterocycles. The number of anilines is 6. The van der Waals surface area contributed by atoms with Crippen LogP contribution in [-0.2, 0) is 9.31 Å². The maximum Gasteiger partial charge on any atom is 0.494 e. The molecular formula is C90H72BBrCl2N2O2. The van der Waals surface area contributed by atoms with E-state index >= 15 is 0 Å². The minimum absolute atomic E-state index is 0.372. The van der Waals surface area contributed by atoms with Crippen LogP contribution in [0, 0.1) is 0 Å². The highest BCUT2D eigenvalue weighted by molar-refractivity contribution is 9.10. The fourth-order valence-electron chi connectivity index (χ4n) is 12.0.